The molecule has 0 saturated carbocycles. The number of amides is 2. The highest BCUT2D eigenvalue weighted by Gasteiger charge is 2.17. The van der Waals surface area contributed by atoms with Crippen LogP contribution in [0.3, 0.4) is 0 Å². The molecule has 1 aromatic heterocycles. The van der Waals surface area contributed by atoms with Gasteiger partial charge < -0.3 is 10.6 Å². The van der Waals surface area contributed by atoms with Crippen LogP contribution in [0.2, 0.25) is 0 Å². The van der Waals surface area contributed by atoms with Crippen molar-refractivity contribution in [2.24, 2.45) is 0 Å². The lowest BCUT2D eigenvalue weighted by molar-refractivity contribution is 0.238. The highest BCUT2D eigenvalue weighted by atomic mass is 16.2. The van der Waals surface area contributed by atoms with Crippen LogP contribution in [0, 0.1) is 0 Å². The minimum atomic E-state index is -0.242. The molecular formula is C17H21N3O. The van der Waals surface area contributed by atoms with Gasteiger partial charge in [-0.05, 0) is 24.1 Å². The van der Waals surface area contributed by atoms with E-state index >= 15 is 0 Å². The van der Waals surface area contributed by atoms with Gasteiger partial charge in [-0.25, -0.2) is 4.79 Å². The van der Waals surface area contributed by atoms with E-state index in [2.05, 4.69) is 22.5 Å². The molecular weight excluding hydrogens is 262 g/mol. The van der Waals surface area contributed by atoms with Crippen LogP contribution >= 0.6 is 0 Å². The number of urea groups is 1. The van der Waals surface area contributed by atoms with E-state index in [0.717, 1.165) is 24.1 Å². The minimum Gasteiger partial charge on any atom is -0.338 e. The van der Waals surface area contributed by atoms with Crippen LogP contribution in [0.25, 0.3) is 0 Å². The van der Waals surface area contributed by atoms with Gasteiger partial charge in [0.1, 0.15) is 0 Å². The predicted molar refractivity (Wildman–Crippen MR) is 84.0 cm³/mol. The molecule has 4 nitrogen and oxygen atoms in total. The molecule has 1 heterocycles. The smallest absolute Gasteiger partial charge is 0.315 e. The highest BCUT2D eigenvalue weighted by Crippen LogP contribution is 2.19. The summed E-state index contributed by atoms with van der Waals surface area (Å²) in [6.07, 6.45) is 3.78. The third-order valence-electron chi connectivity index (χ3n) is 3.21. The summed E-state index contributed by atoms with van der Waals surface area (Å²) in [5.74, 6) is 0. The molecule has 1 unspecified atom stereocenters. The molecule has 0 spiro atoms. The average Bonchev–Trinajstić information content (AvgIpc) is 2.54. The molecule has 2 N–H and O–H groups in total. The SMILES string of the molecule is CCCCNC(=O)NC(c1ccccc1)c1ccccn1. The summed E-state index contributed by atoms with van der Waals surface area (Å²) in [6, 6.07) is 15.2. The summed E-state index contributed by atoms with van der Waals surface area (Å²) < 4.78 is 0. The summed E-state index contributed by atoms with van der Waals surface area (Å²) in [5, 5.41) is 5.87. The quantitative estimate of drug-likeness (QED) is 0.799. The van der Waals surface area contributed by atoms with Crippen LogP contribution in [-0.2, 0) is 0 Å². The van der Waals surface area contributed by atoms with Crippen molar-refractivity contribution in [2.45, 2.75) is 25.8 Å². The molecule has 2 aromatic rings. The molecule has 0 aliphatic rings. The second-order valence-electron chi connectivity index (χ2n) is 4.85. The Morgan fingerprint density at radius 1 is 1.14 bits per heavy atom. The molecule has 2 amide bonds. The lowest BCUT2D eigenvalue weighted by atomic mass is 10.0. The van der Waals surface area contributed by atoms with Crippen molar-refractivity contribution in [1.29, 1.82) is 0 Å². The van der Waals surface area contributed by atoms with Crippen LogP contribution in [0.4, 0.5) is 4.79 Å². The molecule has 110 valence electrons. The zero-order valence-electron chi connectivity index (χ0n) is 12.3. The lowest BCUT2D eigenvalue weighted by Crippen LogP contribution is -2.39. The first-order valence-electron chi connectivity index (χ1n) is 7.31. The van der Waals surface area contributed by atoms with Gasteiger partial charge in [-0.3, -0.25) is 4.98 Å². The van der Waals surface area contributed by atoms with Crippen LogP contribution in [0.1, 0.15) is 37.1 Å². The fourth-order valence-corrected chi connectivity index (χ4v) is 2.08. The molecule has 0 fully saturated rings. The van der Waals surface area contributed by atoms with Gasteiger partial charge in [0.2, 0.25) is 0 Å². The summed E-state index contributed by atoms with van der Waals surface area (Å²) >= 11 is 0. The Labute approximate surface area is 125 Å². The van der Waals surface area contributed by atoms with Crippen molar-refractivity contribution in [3.8, 4) is 0 Å². The maximum Gasteiger partial charge on any atom is 0.315 e. The van der Waals surface area contributed by atoms with E-state index in [1.165, 1.54) is 0 Å². The number of nitrogens with one attached hydrogen (secondary N) is 2. The zero-order valence-corrected chi connectivity index (χ0v) is 12.3. The first kappa shape index (κ1) is 15.0. The topological polar surface area (TPSA) is 54.0 Å². The summed E-state index contributed by atoms with van der Waals surface area (Å²) in [4.78, 5) is 16.4. The number of pyridine rings is 1. The molecule has 21 heavy (non-hydrogen) atoms. The normalized spacial score (nSPS) is 11.7. The Bertz CT molecular complexity index is 503. The van der Waals surface area contributed by atoms with E-state index in [4.69, 9.17) is 0 Å². The van der Waals surface area contributed by atoms with Crippen LogP contribution in [-0.4, -0.2) is 17.6 Å². The fraction of sp³-hybridized carbons (Fsp3) is 0.294. The number of unbranched alkanes of at least 4 members (excludes halogenated alkanes) is 1. The van der Waals surface area contributed by atoms with Crippen molar-refractivity contribution in [2.75, 3.05) is 6.54 Å². The number of carbonyl (C=O) groups is 1. The lowest BCUT2D eigenvalue weighted by Gasteiger charge is -2.19. The van der Waals surface area contributed by atoms with E-state index in [0.29, 0.717) is 6.54 Å². The standard InChI is InChI=1S/C17H21N3O/c1-2-3-12-19-17(21)20-16(14-9-5-4-6-10-14)15-11-7-8-13-18-15/h4-11,13,16H,2-3,12H2,1H3,(H2,19,20,21). The molecule has 1 atom stereocenters. The Hall–Kier alpha value is -2.36. The van der Waals surface area contributed by atoms with Crippen molar-refractivity contribution in [3.63, 3.8) is 0 Å². The number of rotatable bonds is 6. The van der Waals surface area contributed by atoms with Gasteiger partial charge in [-0.15, -0.1) is 0 Å². The molecule has 2 rings (SSSR count). The Kier molecular flexibility index (Phi) is 5.76. The molecule has 0 radical (unpaired) electrons. The first-order chi connectivity index (χ1) is 10.3. The van der Waals surface area contributed by atoms with Crippen LogP contribution in [0.5, 0.6) is 0 Å². The third-order valence-corrected chi connectivity index (χ3v) is 3.21. The van der Waals surface area contributed by atoms with Gasteiger partial charge in [0.15, 0.2) is 0 Å². The summed E-state index contributed by atoms with van der Waals surface area (Å²) in [6.45, 7) is 2.78. The molecule has 0 saturated heterocycles. The van der Waals surface area contributed by atoms with E-state index < -0.39 is 0 Å². The predicted octanol–water partition coefficient (Wildman–Crippen LogP) is 3.27. The van der Waals surface area contributed by atoms with Gasteiger partial charge >= 0.3 is 6.03 Å². The van der Waals surface area contributed by atoms with E-state index in [-0.39, 0.29) is 12.1 Å². The number of aromatic nitrogens is 1. The Morgan fingerprint density at radius 3 is 2.57 bits per heavy atom. The zero-order chi connectivity index (χ0) is 14.9. The number of benzene rings is 1. The highest BCUT2D eigenvalue weighted by molar-refractivity contribution is 5.74. The van der Waals surface area contributed by atoms with Gasteiger partial charge in [-0.1, -0.05) is 49.7 Å². The van der Waals surface area contributed by atoms with E-state index in [9.17, 15) is 4.79 Å². The summed E-state index contributed by atoms with van der Waals surface area (Å²) in [7, 11) is 0. The maximum atomic E-state index is 12.0. The number of carbonyl (C=O) groups excluding carboxylic acids is 1. The van der Waals surface area contributed by atoms with Crippen molar-refractivity contribution in [3.05, 3.63) is 66.0 Å². The largest absolute Gasteiger partial charge is 0.338 e. The Morgan fingerprint density at radius 2 is 1.90 bits per heavy atom. The summed E-state index contributed by atoms with van der Waals surface area (Å²) in [5.41, 5.74) is 1.84. The average molecular weight is 283 g/mol. The van der Waals surface area contributed by atoms with Crippen molar-refractivity contribution < 1.29 is 4.79 Å². The number of nitrogens with zero attached hydrogens (tertiary/aromatic N) is 1. The third kappa shape index (κ3) is 4.60. The Balaban J connectivity index is 2.12. The van der Waals surface area contributed by atoms with Gasteiger partial charge in [-0.2, -0.15) is 0 Å². The van der Waals surface area contributed by atoms with Gasteiger partial charge in [0.05, 0.1) is 11.7 Å². The maximum absolute atomic E-state index is 12.0. The monoisotopic (exact) mass is 283 g/mol. The molecule has 0 aliphatic heterocycles. The fourth-order valence-electron chi connectivity index (χ4n) is 2.08. The second-order valence-corrected chi connectivity index (χ2v) is 4.85. The van der Waals surface area contributed by atoms with Crippen LogP contribution in [0.15, 0.2) is 54.7 Å². The molecule has 0 aliphatic carbocycles. The first-order valence-corrected chi connectivity index (χ1v) is 7.31. The van der Waals surface area contributed by atoms with Gasteiger partial charge in [0.25, 0.3) is 0 Å². The molecule has 1 aromatic carbocycles. The second kappa shape index (κ2) is 8.04. The van der Waals surface area contributed by atoms with E-state index in [1.807, 2.05) is 48.5 Å². The molecule has 0 bridgehead atoms. The van der Waals surface area contributed by atoms with Crippen molar-refractivity contribution >= 4 is 6.03 Å². The van der Waals surface area contributed by atoms with Crippen molar-refractivity contribution in [1.82, 2.24) is 15.6 Å². The number of hydrogen-bond donors (Lipinski definition) is 2. The van der Waals surface area contributed by atoms with Gasteiger partial charge in [0, 0.05) is 12.7 Å². The van der Waals surface area contributed by atoms with E-state index in [1.54, 1.807) is 6.20 Å². The number of hydrogen-bond acceptors (Lipinski definition) is 2. The molecule has 4 heteroatoms. The minimum absolute atomic E-state index is 0.164. The van der Waals surface area contributed by atoms with Crippen LogP contribution < -0.4 is 10.6 Å².